The average Bonchev–Trinajstić information content (AvgIpc) is 2.18. The number of carbonyl (C=O) groups is 1. The first-order chi connectivity index (χ1) is 7.11. The van der Waals surface area contributed by atoms with E-state index >= 15 is 0 Å². The number of carbonyl (C=O) groups excluding carboxylic acids is 1. The van der Waals surface area contributed by atoms with Gasteiger partial charge in [0.15, 0.2) is 0 Å². The Bertz CT molecular complexity index is 412. The lowest BCUT2D eigenvalue weighted by Gasteiger charge is -2.25. The maximum absolute atomic E-state index is 11.6. The summed E-state index contributed by atoms with van der Waals surface area (Å²) in [5.74, 6) is -0.0179. The maximum atomic E-state index is 11.6. The molecule has 2 rings (SSSR count). The van der Waals surface area contributed by atoms with Crippen molar-refractivity contribution in [2.75, 3.05) is 11.9 Å². The molecule has 0 aliphatic carbocycles. The van der Waals surface area contributed by atoms with Gasteiger partial charge in [-0.1, -0.05) is 17.7 Å². The summed E-state index contributed by atoms with van der Waals surface area (Å²) in [5, 5.41) is 2.94. The lowest BCUT2D eigenvalue weighted by atomic mass is 9.90. The van der Waals surface area contributed by atoms with Gasteiger partial charge in [-0.2, -0.15) is 0 Å². The molecule has 1 aliphatic heterocycles. The van der Waals surface area contributed by atoms with Crippen molar-refractivity contribution in [1.82, 2.24) is 0 Å². The normalized spacial score (nSPS) is 19.7. The topological polar surface area (TPSA) is 55.1 Å². The second-order valence-electron chi connectivity index (χ2n) is 4.24. The molecule has 0 radical (unpaired) electrons. The highest BCUT2D eigenvalue weighted by molar-refractivity contribution is 5.96. The number of amides is 1. The van der Waals surface area contributed by atoms with E-state index in [2.05, 4.69) is 24.4 Å². The van der Waals surface area contributed by atoms with E-state index < -0.39 is 0 Å². The second-order valence-corrected chi connectivity index (χ2v) is 4.24. The fourth-order valence-corrected chi connectivity index (χ4v) is 2.17. The van der Waals surface area contributed by atoms with Gasteiger partial charge in [-0.15, -0.1) is 0 Å². The third kappa shape index (κ3) is 1.75. The molecule has 3 heteroatoms. The highest BCUT2D eigenvalue weighted by Gasteiger charge is 2.25. The molecule has 1 aromatic rings. The summed E-state index contributed by atoms with van der Waals surface area (Å²) in [6.07, 6.45) is 0.764. The molecule has 0 bridgehead atoms. The molecule has 15 heavy (non-hydrogen) atoms. The van der Waals surface area contributed by atoms with Crippen LogP contribution in [0.3, 0.4) is 0 Å². The van der Waals surface area contributed by atoms with Crippen molar-refractivity contribution in [3.8, 4) is 0 Å². The molecule has 0 saturated heterocycles. The van der Waals surface area contributed by atoms with Crippen molar-refractivity contribution in [2.24, 2.45) is 11.7 Å². The molecule has 0 aromatic heterocycles. The van der Waals surface area contributed by atoms with Gasteiger partial charge in [0.05, 0.1) is 5.92 Å². The first-order valence-electron chi connectivity index (χ1n) is 5.23. The van der Waals surface area contributed by atoms with E-state index in [0.717, 1.165) is 17.7 Å². The van der Waals surface area contributed by atoms with Crippen LogP contribution in [-0.2, 0) is 11.2 Å². The number of rotatable bonds is 1. The Kier molecular flexibility index (Phi) is 2.49. The fourth-order valence-electron chi connectivity index (χ4n) is 2.17. The van der Waals surface area contributed by atoms with Gasteiger partial charge in [-0.25, -0.2) is 0 Å². The van der Waals surface area contributed by atoms with E-state index in [9.17, 15) is 4.79 Å². The molecule has 3 N–H and O–H groups in total. The van der Waals surface area contributed by atoms with Gasteiger partial charge >= 0.3 is 0 Å². The predicted molar refractivity (Wildman–Crippen MR) is 60.8 cm³/mol. The van der Waals surface area contributed by atoms with Crippen LogP contribution in [0.2, 0.25) is 0 Å². The zero-order chi connectivity index (χ0) is 11.0. The summed E-state index contributed by atoms with van der Waals surface area (Å²) in [6, 6.07) is 4.21. The SMILES string of the molecule is Cc1cc(C)c2c(c1)CC(CN)C(=O)N2. The molecule has 3 nitrogen and oxygen atoms in total. The standard InChI is InChI=1S/C12H16N2O/c1-7-3-8(2)11-9(4-7)5-10(6-13)12(15)14-11/h3-4,10H,5-6,13H2,1-2H3,(H,14,15). The Morgan fingerprint density at radius 2 is 2.20 bits per heavy atom. The van der Waals surface area contributed by atoms with Crippen molar-refractivity contribution < 1.29 is 4.79 Å². The van der Waals surface area contributed by atoms with E-state index in [0.29, 0.717) is 6.54 Å². The molecule has 0 spiro atoms. The van der Waals surface area contributed by atoms with Crippen molar-refractivity contribution in [3.05, 3.63) is 28.8 Å². The van der Waals surface area contributed by atoms with Gasteiger partial charge in [-0.3, -0.25) is 4.79 Å². The number of hydrogen-bond acceptors (Lipinski definition) is 2. The van der Waals surface area contributed by atoms with Crippen LogP contribution in [0, 0.1) is 19.8 Å². The number of aryl methyl sites for hydroxylation is 2. The molecular weight excluding hydrogens is 188 g/mol. The monoisotopic (exact) mass is 204 g/mol. The van der Waals surface area contributed by atoms with Gasteiger partial charge in [0.25, 0.3) is 0 Å². The Hall–Kier alpha value is -1.35. The first kappa shape index (κ1) is 10.2. The molecule has 0 fully saturated rings. The van der Waals surface area contributed by atoms with E-state index in [1.165, 1.54) is 11.1 Å². The molecule has 1 unspecified atom stereocenters. The molecule has 1 amide bonds. The van der Waals surface area contributed by atoms with Crippen LogP contribution in [0.25, 0.3) is 0 Å². The number of fused-ring (bicyclic) bond motifs is 1. The summed E-state index contributed by atoms with van der Waals surface area (Å²) in [6.45, 7) is 4.51. The Morgan fingerprint density at radius 1 is 1.47 bits per heavy atom. The summed E-state index contributed by atoms with van der Waals surface area (Å²) in [7, 11) is 0. The lowest BCUT2D eigenvalue weighted by Crippen LogP contribution is -2.35. The summed E-state index contributed by atoms with van der Waals surface area (Å²) < 4.78 is 0. The largest absolute Gasteiger partial charge is 0.330 e. The third-order valence-corrected chi connectivity index (χ3v) is 2.93. The van der Waals surface area contributed by atoms with E-state index in [1.807, 2.05) is 6.92 Å². The first-order valence-corrected chi connectivity index (χ1v) is 5.23. The number of benzene rings is 1. The third-order valence-electron chi connectivity index (χ3n) is 2.93. The van der Waals surface area contributed by atoms with Gasteiger partial charge in [0.2, 0.25) is 5.91 Å². The summed E-state index contributed by atoms with van der Waals surface area (Å²) >= 11 is 0. The molecule has 0 saturated carbocycles. The summed E-state index contributed by atoms with van der Waals surface area (Å²) in [5.41, 5.74) is 10.1. The van der Waals surface area contributed by atoms with Crippen molar-refractivity contribution in [1.29, 1.82) is 0 Å². The quantitative estimate of drug-likeness (QED) is 0.726. The van der Waals surface area contributed by atoms with Gasteiger partial charge < -0.3 is 11.1 Å². The van der Waals surface area contributed by atoms with Crippen molar-refractivity contribution >= 4 is 11.6 Å². The Morgan fingerprint density at radius 3 is 2.87 bits per heavy atom. The van der Waals surface area contributed by atoms with Crippen molar-refractivity contribution in [3.63, 3.8) is 0 Å². The molecule has 1 heterocycles. The number of hydrogen-bond donors (Lipinski definition) is 2. The molecule has 1 aromatic carbocycles. The number of nitrogens with two attached hydrogens (primary N) is 1. The van der Waals surface area contributed by atoms with Crippen LogP contribution in [0.4, 0.5) is 5.69 Å². The zero-order valence-electron chi connectivity index (χ0n) is 9.13. The van der Waals surface area contributed by atoms with Gasteiger partial charge in [-0.05, 0) is 31.4 Å². The van der Waals surface area contributed by atoms with Crippen LogP contribution in [-0.4, -0.2) is 12.5 Å². The molecule has 1 aliphatic rings. The van der Waals surface area contributed by atoms with E-state index in [4.69, 9.17) is 5.73 Å². The minimum Gasteiger partial charge on any atom is -0.330 e. The van der Waals surface area contributed by atoms with Crippen LogP contribution in [0.1, 0.15) is 16.7 Å². The lowest BCUT2D eigenvalue weighted by molar-refractivity contribution is -0.119. The average molecular weight is 204 g/mol. The molecule has 80 valence electrons. The maximum Gasteiger partial charge on any atom is 0.229 e. The highest BCUT2D eigenvalue weighted by atomic mass is 16.1. The smallest absolute Gasteiger partial charge is 0.229 e. The highest BCUT2D eigenvalue weighted by Crippen LogP contribution is 2.29. The Labute approximate surface area is 89.7 Å². The van der Waals surface area contributed by atoms with E-state index in [-0.39, 0.29) is 11.8 Å². The predicted octanol–water partition coefficient (Wildman–Crippen LogP) is 1.37. The van der Waals surface area contributed by atoms with E-state index in [1.54, 1.807) is 0 Å². The van der Waals surface area contributed by atoms with Crippen LogP contribution in [0.15, 0.2) is 12.1 Å². The second kappa shape index (κ2) is 3.66. The summed E-state index contributed by atoms with van der Waals surface area (Å²) in [4.78, 5) is 11.6. The molecular formula is C12H16N2O. The fraction of sp³-hybridized carbons (Fsp3) is 0.417. The van der Waals surface area contributed by atoms with Gasteiger partial charge in [0, 0.05) is 12.2 Å². The minimum atomic E-state index is -0.0706. The van der Waals surface area contributed by atoms with Crippen LogP contribution in [0.5, 0.6) is 0 Å². The zero-order valence-corrected chi connectivity index (χ0v) is 9.13. The Balaban J connectivity index is 2.45. The number of nitrogens with one attached hydrogen (secondary N) is 1. The molecule has 1 atom stereocenters. The number of anilines is 1. The van der Waals surface area contributed by atoms with Crippen LogP contribution >= 0.6 is 0 Å². The van der Waals surface area contributed by atoms with Gasteiger partial charge in [0.1, 0.15) is 0 Å². The van der Waals surface area contributed by atoms with Crippen molar-refractivity contribution in [2.45, 2.75) is 20.3 Å². The minimum absolute atomic E-state index is 0.0527. The van der Waals surface area contributed by atoms with Crippen LogP contribution < -0.4 is 11.1 Å².